The van der Waals surface area contributed by atoms with Crippen molar-refractivity contribution in [2.45, 2.75) is 26.0 Å². The molecule has 0 spiro atoms. The lowest BCUT2D eigenvalue weighted by Gasteiger charge is -2.27. The van der Waals surface area contributed by atoms with Crippen molar-refractivity contribution >= 4 is 5.91 Å². The molecule has 1 aromatic heterocycles. The first-order chi connectivity index (χ1) is 6.97. The lowest BCUT2D eigenvalue weighted by atomic mass is 10.1. The molecule has 1 aromatic rings. The Hall–Kier alpha value is -1.43. The summed E-state index contributed by atoms with van der Waals surface area (Å²) in [6, 6.07) is 0. The van der Waals surface area contributed by atoms with Gasteiger partial charge in [0.2, 0.25) is 0 Å². The molecule has 6 nitrogen and oxygen atoms in total. The summed E-state index contributed by atoms with van der Waals surface area (Å²) in [7, 11) is 3.21. The largest absolute Gasteiger partial charge is 0.369 e. The normalized spacial score (nSPS) is 11.5. The standard InChI is InChI=1S/C9H16N4O2/c1-9(2,15-4)8(14)13(3)5-7-10-6-11-12-7/h6H,5H2,1-4H3,(H,10,11,12). The van der Waals surface area contributed by atoms with Crippen LogP contribution in [0.15, 0.2) is 6.33 Å². The van der Waals surface area contributed by atoms with E-state index in [-0.39, 0.29) is 5.91 Å². The highest BCUT2D eigenvalue weighted by atomic mass is 16.5. The van der Waals surface area contributed by atoms with Crippen molar-refractivity contribution in [1.82, 2.24) is 20.1 Å². The van der Waals surface area contributed by atoms with Crippen LogP contribution in [0.3, 0.4) is 0 Å². The molecule has 1 amide bonds. The van der Waals surface area contributed by atoms with Gasteiger partial charge in [0, 0.05) is 14.2 Å². The third kappa shape index (κ3) is 2.76. The topological polar surface area (TPSA) is 71.1 Å². The zero-order valence-electron chi connectivity index (χ0n) is 9.44. The van der Waals surface area contributed by atoms with Crippen LogP contribution in [0.1, 0.15) is 19.7 Å². The maximum Gasteiger partial charge on any atom is 0.254 e. The minimum absolute atomic E-state index is 0.0959. The van der Waals surface area contributed by atoms with Crippen LogP contribution in [-0.4, -0.2) is 45.7 Å². The molecule has 1 N–H and O–H groups in total. The van der Waals surface area contributed by atoms with Gasteiger partial charge < -0.3 is 9.64 Å². The average molecular weight is 212 g/mol. The Labute approximate surface area is 88.6 Å². The van der Waals surface area contributed by atoms with Gasteiger partial charge in [-0.3, -0.25) is 9.89 Å². The third-order valence-corrected chi connectivity index (χ3v) is 2.22. The number of carbonyl (C=O) groups is 1. The third-order valence-electron chi connectivity index (χ3n) is 2.22. The van der Waals surface area contributed by atoms with Crippen LogP contribution in [0.4, 0.5) is 0 Å². The maximum absolute atomic E-state index is 11.9. The molecule has 0 bridgehead atoms. The number of rotatable bonds is 4. The summed E-state index contributed by atoms with van der Waals surface area (Å²) >= 11 is 0. The minimum atomic E-state index is -0.811. The molecule has 1 heterocycles. The van der Waals surface area contributed by atoms with Gasteiger partial charge in [-0.1, -0.05) is 0 Å². The first-order valence-corrected chi connectivity index (χ1v) is 4.62. The first kappa shape index (κ1) is 11.6. The lowest BCUT2D eigenvalue weighted by Crippen LogP contribution is -2.44. The van der Waals surface area contributed by atoms with Gasteiger partial charge in [-0.15, -0.1) is 0 Å². The smallest absolute Gasteiger partial charge is 0.254 e. The molecule has 0 unspecified atom stereocenters. The summed E-state index contributed by atoms with van der Waals surface area (Å²) in [5.41, 5.74) is -0.811. The van der Waals surface area contributed by atoms with Gasteiger partial charge in [0.25, 0.3) is 5.91 Å². The van der Waals surface area contributed by atoms with Crippen molar-refractivity contribution < 1.29 is 9.53 Å². The monoisotopic (exact) mass is 212 g/mol. The molecule has 0 saturated carbocycles. The highest BCUT2D eigenvalue weighted by molar-refractivity contribution is 5.84. The number of amides is 1. The number of likely N-dealkylation sites (N-methyl/N-ethyl adjacent to an activating group) is 1. The van der Waals surface area contributed by atoms with Gasteiger partial charge in [0.1, 0.15) is 17.8 Å². The molecule has 15 heavy (non-hydrogen) atoms. The SMILES string of the molecule is COC(C)(C)C(=O)N(C)Cc1ncn[nH]1. The molecule has 6 heteroatoms. The summed E-state index contributed by atoms with van der Waals surface area (Å²) in [6.45, 7) is 3.85. The predicted octanol–water partition coefficient (Wildman–Crippen LogP) is 0.188. The van der Waals surface area contributed by atoms with Crippen molar-refractivity contribution in [3.63, 3.8) is 0 Å². The molecule has 84 valence electrons. The van der Waals surface area contributed by atoms with Crippen LogP contribution in [-0.2, 0) is 16.1 Å². The zero-order valence-corrected chi connectivity index (χ0v) is 9.44. The molecular formula is C9H16N4O2. The van der Waals surface area contributed by atoms with Crippen molar-refractivity contribution in [2.75, 3.05) is 14.2 Å². The molecule has 0 aromatic carbocycles. The minimum Gasteiger partial charge on any atom is -0.369 e. The lowest BCUT2D eigenvalue weighted by molar-refractivity contribution is -0.150. The van der Waals surface area contributed by atoms with Crippen molar-refractivity contribution in [1.29, 1.82) is 0 Å². The molecular weight excluding hydrogens is 196 g/mol. The Morgan fingerprint density at radius 3 is 2.80 bits per heavy atom. The Balaban J connectivity index is 2.61. The highest BCUT2D eigenvalue weighted by Gasteiger charge is 2.30. The van der Waals surface area contributed by atoms with E-state index in [9.17, 15) is 4.79 Å². The molecule has 0 saturated heterocycles. The first-order valence-electron chi connectivity index (χ1n) is 4.62. The molecule has 0 aliphatic carbocycles. The second kappa shape index (κ2) is 4.39. The van der Waals surface area contributed by atoms with Gasteiger partial charge in [-0.25, -0.2) is 4.98 Å². The number of H-pyrrole nitrogens is 1. The number of aromatic nitrogens is 3. The van der Waals surface area contributed by atoms with E-state index < -0.39 is 5.60 Å². The Morgan fingerprint density at radius 2 is 2.33 bits per heavy atom. The average Bonchev–Trinajstić information content (AvgIpc) is 2.69. The van der Waals surface area contributed by atoms with E-state index in [1.807, 2.05) is 0 Å². The molecule has 0 fully saturated rings. The van der Waals surface area contributed by atoms with Crippen LogP contribution in [0.2, 0.25) is 0 Å². The fourth-order valence-corrected chi connectivity index (χ4v) is 1.15. The Bertz CT molecular complexity index is 321. The van der Waals surface area contributed by atoms with Crippen molar-refractivity contribution in [2.24, 2.45) is 0 Å². The summed E-state index contributed by atoms with van der Waals surface area (Å²) in [5.74, 6) is 0.555. The number of methoxy groups -OCH3 is 1. The van der Waals surface area contributed by atoms with E-state index >= 15 is 0 Å². The number of ether oxygens (including phenoxy) is 1. The number of nitrogens with one attached hydrogen (secondary N) is 1. The molecule has 0 aliphatic rings. The van der Waals surface area contributed by atoms with Gasteiger partial charge in [-0.2, -0.15) is 5.10 Å². The summed E-state index contributed by atoms with van der Waals surface area (Å²) in [5, 5.41) is 6.41. The van der Waals surface area contributed by atoms with Crippen molar-refractivity contribution in [3.8, 4) is 0 Å². The van der Waals surface area contributed by atoms with Gasteiger partial charge in [-0.05, 0) is 13.8 Å². The van der Waals surface area contributed by atoms with Gasteiger partial charge in [0.15, 0.2) is 0 Å². The molecule has 1 rings (SSSR count). The molecule has 0 atom stereocenters. The van der Waals surface area contributed by atoms with Crippen LogP contribution >= 0.6 is 0 Å². The van der Waals surface area contributed by atoms with E-state index in [2.05, 4.69) is 15.2 Å². The fourth-order valence-electron chi connectivity index (χ4n) is 1.15. The van der Waals surface area contributed by atoms with Crippen molar-refractivity contribution in [3.05, 3.63) is 12.2 Å². The number of nitrogens with zero attached hydrogens (tertiary/aromatic N) is 3. The van der Waals surface area contributed by atoms with E-state index in [4.69, 9.17) is 4.74 Å². The van der Waals surface area contributed by atoms with E-state index in [0.717, 1.165) is 0 Å². The Kier molecular flexibility index (Phi) is 3.41. The van der Waals surface area contributed by atoms with E-state index in [1.54, 1.807) is 25.8 Å². The molecule has 0 radical (unpaired) electrons. The summed E-state index contributed by atoms with van der Waals surface area (Å²) in [4.78, 5) is 17.4. The summed E-state index contributed by atoms with van der Waals surface area (Å²) < 4.78 is 5.10. The van der Waals surface area contributed by atoms with Gasteiger partial charge in [0.05, 0.1) is 6.54 Å². The number of carbonyl (C=O) groups excluding carboxylic acids is 1. The fraction of sp³-hybridized carbons (Fsp3) is 0.667. The maximum atomic E-state index is 11.9. The van der Waals surface area contributed by atoms with E-state index in [1.165, 1.54) is 13.4 Å². The zero-order chi connectivity index (χ0) is 11.5. The Morgan fingerprint density at radius 1 is 1.67 bits per heavy atom. The summed E-state index contributed by atoms with van der Waals surface area (Å²) in [6.07, 6.45) is 1.41. The number of hydrogen-bond donors (Lipinski definition) is 1. The second-order valence-corrected chi connectivity index (χ2v) is 3.81. The van der Waals surface area contributed by atoms with Gasteiger partial charge >= 0.3 is 0 Å². The quantitative estimate of drug-likeness (QED) is 0.773. The van der Waals surface area contributed by atoms with Crippen LogP contribution in [0.5, 0.6) is 0 Å². The molecule has 0 aliphatic heterocycles. The van der Waals surface area contributed by atoms with E-state index in [0.29, 0.717) is 12.4 Å². The van der Waals surface area contributed by atoms with Crippen LogP contribution in [0.25, 0.3) is 0 Å². The van der Waals surface area contributed by atoms with Crippen LogP contribution in [0, 0.1) is 0 Å². The number of aromatic amines is 1. The number of hydrogen-bond acceptors (Lipinski definition) is 4. The van der Waals surface area contributed by atoms with Crippen LogP contribution < -0.4 is 0 Å². The predicted molar refractivity (Wildman–Crippen MR) is 53.9 cm³/mol. The highest BCUT2D eigenvalue weighted by Crippen LogP contribution is 2.12. The second-order valence-electron chi connectivity index (χ2n) is 3.81.